The minimum atomic E-state index is 0.0472. The lowest BCUT2D eigenvalue weighted by Gasteiger charge is -2.29. The lowest BCUT2D eigenvalue weighted by atomic mass is 10.1. The summed E-state index contributed by atoms with van der Waals surface area (Å²) in [5.41, 5.74) is 5.37. The summed E-state index contributed by atoms with van der Waals surface area (Å²) < 4.78 is 7.58. The van der Waals surface area contributed by atoms with Crippen molar-refractivity contribution in [1.29, 1.82) is 0 Å². The van der Waals surface area contributed by atoms with Crippen LogP contribution in [0.4, 0.5) is 5.69 Å². The van der Waals surface area contributed by atoms with Crippen LogP contribution < -0.4 is 4.90 Å². The zero-order chi connectivity index (χ0) is 20.4. The third-order valence-electron chi connectivity index (χ3n) is 5.43. The van der Waals surface area contributed by atoms with Gasteiger partial charge in [-0.25, -0.2) is 0 Å². The number of amides is 1. The molecule has 152 valence electrons. The van der Waals surface area contributed by atoms with Crippen LogP contribution >= 0.6 is 11.3 Å². The van der Waals surface area contributed by atoms with Crippen molar-refractivity contribution < 1.29 is 9.53 Å². The van der Waals surface area contributed by atoms with Crippen LogP contribution in [0.5, 0.6) is 0 Å². The molecule has 0 saturated carbocycles. The van der Waals surface area contributed by atoms with E-state index < -0.39 is 0 Å². The Morgan fingerprint density at radius 1 is 1.03 bits per heavy atom. The lowest BCUT2D eigenvalue weighted by Crippen LogP contribution is -2.36. The number of rotatable bonds is 5. The summed E-state index contributed by atoms with van der Waals surface area (Å²) in [7, 11) is 1.87. The van der Waals surface area contributed by atoms with Crippen molar-refractivity contribution in [2.24, 2.45) is 0 Å². The zero-order valence-corrected chi connectivity index (χ0v) is 18.0. The molecule has 1 aliphatic heterocycles. The summed E-state index contributed by atoms with van der Waals surface area (Å²) >= 11 is 1.61. The molecule has 1 amide bonds. The van der Waals surface area contributed by atoms with E-state index in [9.17, 15) is 4.79 Å². The second kappa shape index (κ2) is 8.43. The zero-order valence-electron chi connectivity index (χ0n) is 17.2. The van der Waals surface area contributed by atoms with Gasteiger partial charge in [-0.15, -0.1) is 11.3 Å². The van der Waals surface area contributed by atoms with Gasteiger partial charge in [-0.1, -0.05) is 12.1 Å². The van der Waals surface area contributed by atoms with Crippen LogP contribution in [-0.2, 0) is 11.3 Å². The smallest absolute Gasteiger partial charge is 0.256 e. The van der Waals surface area contributed by atoms with Crippen molar-refractivity contribution in [1.82, 2.24) is 9.47 Å². The SMILES string of the molecule is Cc1ccc(C)n1-c1sccc1C(=O)N(C)Cc1ccc(N2CCOCC2)cc1. The summed E-state index contributed by atoms with van der Waals surface area (Å²) in [6, 6.07) is 14.6. The summed E-state index contributed by atoms with van der Waals surface area (Å²) in [6.07, 6.45) is 0. The van der Waals surface area contributed by atoms with Crippen molar-refractivity contribution in [2.75, 3.05) is 38.3 Å². The van der Waals surface area contributed by atoms with Crippen LogP contribution in [0.1, 0.15) is 27.3 Å². The third-order valence-corrected chi connectivity index (χ3v) is 6.33. The van der Waals surface area contributed by atoms with Crippen LogP contribution in [-0.4, -0.2) is 48.7 Å². The van der Waals surface area contributed by atoms with Crippen LogP contribution in [0.3, 0.4) is 0 Å². The molecule has 3 heterocycles. The molecule has 0 unspecified atom stereocenters. The van der Waals surface area contributed by atoms with E-state index >= 15 is 0 Å². The summed E-state index contributed by atoms with van der Waals surface area (Å²) in [5.74, 6) is 0.0472. The number of carbonyl (C=O) groups excluding carboxylic acids is 1. The predicted octanol–water partition coefficient (Wildman–Crippen LogP) is 4.26. The van der Waals surface area contributed by atoms with E-state index in [1.54, 1.807) is 16.2 Å². The van der Waals surface area contributed by atoms with E-state index in [2.05, 4.69) is 59.7 Å². The molecule has 3 aromatic rings. The number of nitrogens with zero attached hydrogens (tertiary/aromatic N) is 3. The van der Waals surface area contributed by atoms with Gasteiger partial charge in [0.2, 0.25) is 0 Å². The number of benzene rings is 1. The highest BCUT2D eigenvalue weighted by Gasteiger charge is 2.20. The Balaban J connectivity index is 1.47. The average molecular weight is 410 g/mol. The second-order valence-corrected chi connectivity index (χ2v) is 8.41. The van der Waals surface area contributed by atoms with Gasteiger partial charge in [-0.05, 0) is 55.1 Å². The van der Waals surface area contributed by atoms with Crippen LogP contribution in [0.25, 0.3) is 5.00 Å². The molecule has 4 rings (SSSR count). The number of aryl methyl sites for hydroxylation is 2. The Kier molecular flexibility index (Phi) is 5.74. The van der Waals surface area contributed by atoms with Crippen molar-refractivity contribution >= 4 is 22.9 Å². The van der Waals surface area contributed by atoms with Gasteiger partial charge in [0.1, 0.15) is 5.00 Å². The topological polar surface area (TPSA) is 37.7 Å². The van der Waals surface area contributed by atoms with Gasteiger partial charge in [0.15, 0.2) is 0 Å². The molecule has 1 aliphatic rings. The van der Waals surface area contributed by atoms with E-state index in [1.165, 1.54) is 5.69 Å². The van der Waals surface area contributed by atoms with E-state index in [4.69, 9.17) is 4.74 Å². The number of hydrogen-bond donors (Lipinski definition) is 0. The van der Waals surface area contributed by atoms with Gasteiger partial charge in [-0.2, -0.15) is 0 Å². The molecular formula is C23H27N3O2S. The number of morpholine rings is 1. The highest BCUT2D eigenvalue weighted by atomic mass is 32.1. The van der Waals surface area contributed by atoms with E-state index in [-0.39, 0.29) is 5.91 Å². The fourth-order valence-electron chi connectivity index (χ4n) is 3.81. The maximum atomic E-state index is 13.2. The second-order valence-electron chi connectivity index (χ2n) is 7.52. The van der Waals surface area contributed by atoms with Crippen molar-refractivity contribution in [3.05, 3.63) is 70.4 Å². The van der Waals surface area contributed by atoms with Crippen molar-refractivity contribution in [2.45, 2.75) is 20.4 Å². The Bertz CT molecular complexity index is 964. The molecule has 0 N–H and O–H groups in total. The molecule has 0 bridgehead atoms. The number of thiophene rings is 1. The Hall–Kier alpha value is -2.57. The summed E-state index contributed by atoms with van der Waals surface area (Å²) in [5, 5.41) is 2.98. The van der Waals surface area contributed by atoms with Crippen molar-refractivity contribution in [3.8, 4) is 5.00 Å². The molecule has 0 radical (unpaired) electrons. The molecule has 1 saturated heterocycles. The van der Waals surface area contributed by atoms with Gasteiger partial charge in [0.05, 0.1) is 18.8 Å². The summed E-state index contributed by atoms with van der Waals surface area (Å²) in [6.45, 7) is 8.14. The first-order valence-corrected chi connectivity index (χ1v) is 10.8. The van der Waals surface area contributed by atoms with Gasteiger partial charge >= 0.3 is 0 Å². The standard InChI is InChI=1S/C23H27N3O2S/c1-17-4-5-18(2)26(17)23-21(10-15-29-23)22(27)24(3)16-19-6-8-20(9-7-19)25-11-13-28-14-12-25/h4-10,15H,11-14,16H2,1-3H3. The van der Waals surface area contributed by atoms with E-state index in [0.717, 1.165) is 53.8 Å². The first kappa shape index (κ1) is 19.7. The summed E-state index contributed by atoms with van der Waals surface area (Å²) in [4.78, 5) is 17.3. The molecule has 2 aromatic heterocycles. The Labute approximate surface area is 176 Å². The average Bonchev–Trinajstić information content (AvgIpc) is 3.34. The molecule has 6 heteroatoms. The number of anilines is 1. The Morgan fingerprint density at radius 3 is 2.34 bits per heavy atom. The van der Waals surface area contributed by atoms with E-state index in [1.807, 2.05) is 18.5 Å². The fourth-order valence-corrected chi connectivity index (χ4v) is 4.82. The normalized spacial score (nSPS) is 14.2. The third kappa shape index (κ3) is 4.09. The highest BCUT2D eigenvalue weighted by molar-refractivity contribution is 7.13. The van der Waals surface area contributed by atoms with Crippen LogP contribution in [0.2, 0.25) is 0 Å². The van der Waals surface area contributed by atoms with Crippen molar-refractivity contribution in [3.63, 3.8) is 0 Å². The van der Waals surface area contributed by atoms with Gasteiger partial charge in [0.25, 0.3) is 5.91 Å². The molecule has 29 heavy (non-hydrogen) atoms. The fraction of sp³-hybridized carbons (Fsp3) is 0.348. The maximum Gasteiger partial charge on any atom is 0.256 e. The molecule has 5 nitrogen and oxygen atoms in total. The minimum absolute atomic E-state index is 0.0472. The number of ether oxygens (including phenoxy) is 1. The van der Waals surface area contributed by atoms with Gasteiger partial charge in [0, 0.05) is 43.8 Å². The minimum Gasteiger partial charge on any atom is -0.378 e. The largest absolute Gasteiger partial charge is 0.378 e. The molecule has 0 aliphatic carbocycles. The van der Waals surface area contributed by atoms with Crippen LogP contribution in [0, 0.1) is 13.8 Å². The first-order chi connectivity index (χ1) is 14.0. The molecule has 0 spiro atoms. The lowest BCUT2D eigenvalue weighted by molar-refractivity contribution is 0.0785. The monoisotopic (exact) mass is 409 g/mol. The first-order valence-electron chi connectivity index (χ1n) is 9.94. The highest BCUT2D eigenvalue weighted by Crippen LogP contribution is 2.27. The Morgan fingerprint density at radius 2 is 1.69 bits per heavy atom. The quantitative estimate of drug-likeness (QED) is 0.632. The maximum absolute atomic E-state index is 13.2. The van der Waals surface area contributed by atoms with E-state index in [0.29, 0.717) is 6.54 Å². The molecule has 1 fully saturated rings. The van der Waals surface area contributed by atoms with Gasteiger partial charge in [-0.3, -0.25) is 4.79 Å². The molecule has 0 atom stereocenters. The number of carbonyl (C=O) groups is 1. The molecular weight excluding hydrogens is 382 g/mol. The molecule has 1 aromatic carbocycles. The number of hydrogen-bond acceptors (Lipinski definition) is 4. The van der Waals surface area contributed by atoms with Crippen LogP contribution in [0.15, 0.2) is 47.8 Å². The predicted molar refractivity (Wildman–Crippen MR) is 118 cm³/mol. The van der Waals surface area contributed by atoms with Gasteiger partial charge < -0.3 is 19.1 Å². The number of aromatic nitrogens is 1.